The van der Waals surface area contributed by atoms with Crippen LogP contribution in [0.25, 0.3) is 0 Å². The van der Waals surface area contributed by atoms with Crippen molar-refractivity contribution in [3.63, 3.8) is 0 Å². The first-order chi connectivity index (χ1) is 7.38. The van der Waals surface area contributed by atoms with Gasteiger partial charge in [0.2, 0.25) is 0 Å². The summed E-state index contributed by atoms with van der Waals surface area (Å²) in [6.07, 6.45) is -4.42. The Morgan fingerprint density at radius 2 is 2.06 bits per heavy atom. The van der Waals surface area contributed by atoms with Crippen LogP contribution in [0.4, 0.5) is 13.2 Å². The maximum absolute atomic E-state index is 11.7. The van der Waals surface area contributed by atoms with Crippen LogP contribution in [0, 0.1) is 0 Å². The van der Waals surface area contributed by atoms with Crippen LogP contribution in [-0.4, -0.2) is 25.2 Å². The van der Waals surface area contributed by atoms with Gasteiger partial charge in [-0.3, -0.25) is 4.79 Å². The van der Waals surface area contributed by atoms with E-state index in [9.17, 15) is 18.0 Å². The summed E-state index contributed by atoms with van der Waals surface area (Å²) in [5, 5.41) is 0.349. The molecule has 0 aliphatic rings. The topological polar surface area (TPSA) is 26.3 Å². The summed E-state index contributed by atoms with van der Waals surface area (Å²) in [5.74, 6) is -0.535. The molecule has 0 aromatic heterocycles. The summed E-state index contributed by atoms with van der Waals surface area (Å²) in [6, 6.07) is 5.94. The molecule has 2 nitrogen and oxygen atoms in total. The van der Waals surface area contributed by atoms with Crippen LogP contribution < -0.4 is 0 Å². The Bertz CT molecular complexity index is 377. The predicted molar refractivity (Wildman–Crippen MR) is 52.7 cm³/mol. The van der Waals surface area contributed by atoms with Gasteiger partial charge in [-0.2, -0.15) is 13.2 Å². The average Bonchev–Trinajstić information content (AvgIpc) is 2.15. The minimum absolute atomic E-state index is 0.231. The Kier molecular flexibility index (Phi) is 4.32. The fourth-order valence-corrected chi connectivity index (χ4v) is 1.20. The Morgan fingerprint density at radius 3 is 2.62 bits per heavy atom. The van der Waals surface area contributed by atoms with E-state index in [0.29, 0.717) is 5.02 Å². The van der Waals surface area contributed by atoms with E-state index in [2.05, 4.69) is 4.74 Å². The first kappa shape index (κ1) is 13.0. The van der Waals surface area contributed by atoms with E-state index < -0.39 is 25.2 Å². The second-order valence-electron chi connectivity index (χ2n) is 3.04. The lowest BCUT2D eigenvalue weighted by Gasteiger charge is -2.06. The lowest BCUT2D eigenvalue weighted by Crippen LogP contribution is -2.20. The summed E-state index contributed by atoms with van der Waals surface area (Å²) in [6.45, 7) is -2.04. The zero-order chi connectivity index (χ0) is 12.2. The highest BCUT2D eigenvalue weighted by Crippen LogP contribution is 2.15. The van der Waals surface area contributed by atoms with E-state index >= 15 is 0 Å². The predicted octanol–water partition coefficient (Wildman–Crippen LogP) is 3.10. The summed E-state index contributed by atoms with van der Waals surface area (Å²) >= 11 is 5.62. The van der Waals surface area contributed by atoms with Crippen molar-refractivity contribution in [2.75, 3.05) is 13.2 Å². The fraction of sp³-hybridized carbons (Fsp3) is 0.300. The summed E-state index contributed by atoms with van der Waals surface area (Å²) < 4.78 is 39.4. The Labute approximate surface area is 95.0 Å². The minimum Gasteiger partial charge on any atom is -0.364 e. The van der Waals surface area contributed by atoms with Crippen LogP contribution in [0.1, 0.15) is 10.4 Å². The normalized spacial score (nSPS) is 11.5. The number of hydrogen-bond acceptors (Lipinski definition) is 2. The van der Waals surface area contributed by atoms with Gasteiger partial charge in [0.15, 0.2) is 5.78 Å². The zero-order valence-corrected chi connectivity index (χ0v) is 8.81. The van der Waals surface area contributed by atoms with Crippen molar-refractivity contribution < 1.29 is 22.7 Å². The van der Waals surface area contributed by atoms with E-state index in [1.165, 1.54) is 12.1 Å². The van der Waals surface area contributed by atoms with E-state index in [-0.39, 0.29) is 5.56 Å². The molecule has 0 heterocycles. The summed E-state index contributed by atoms with van der Waals surface area (Å²) in [4.78, 5) is 11.3. The third kappa shape index (κ3) is 4.63. The number of benzene rings is 1. The van der Waals surface area contributed by atoms with Crippen LogP contribution in [-0.2, 0) is 4.74 Å². The zero-order valence-electron chi connectivity index (χ0n) is 8.05. The Balaban J connectivity index is 2.47. The molecule has 0 saturated heterocycles. The van der Waals surface area contributed by atoms with Crippen molar-refractivity contribution in [1.29, 1.82) is 0 Å². The Hall–Kier alpha value is -1.07. The number of Topliss-reactive ketones (excluding diaryl/α,β-unsaturated/α-hetero) is 1. The van der Waals surface area contributed by atoms with Gasteiger partial charge >= 0.3 is 6.18 Å². The molecule has 1 aromatic rings. The first-order valence-electron chi connectivity index (χ1n) is 4.32. The molecule has 0 unspecified atom stereocenters. The molecular weight excluding hydrogens is 245 g/mol. The molecule has 0 amide bonds. The van der Waals surface area contributed by atoms with Crippen molar-refractivity contribution in [1.82, 2.24) is 0 Å². The third-order valence-corrected chi connectivity index (χ3v) is 1.88. The number of halogens is 4. The minimum atomic E-state index is -4.42. The monoisotopic (exact) mass is 252 g/mol. The highest BCUT2D eigenvalue weighted by Gasteiger charge is 2.27. The molecule has 0 spiro atoms. The van der Waals surface area contributed by atoms with Gasteiger partial charge in [0.25, 0.3) is 0 Å². The number of hydrogen-bond donors (Lipinski definition) is 0. The second-order valence-corrected chi connectivity index (χ2v) is 3.48. The van der Waals surface area contributed by atoms with Crippen molar-refractivity contribution in [3.05, 3.63) is 34.9 Å². The molecule has 0 aliphatic heterocycles. The first-order valence-corrected chi connectivity index (χ1v) is 4.69. The number of carbonyl (C=O) groups is 1. The molecule has 0 N–H and O–H groups in total. The van der Waals surface area contributed by atoms with Crippen LogP contribution in [0.3, 0.4) is 0 Å². The highest BCUT2D eigenvalue weighted by atomic mass is 35.5. The molecule has 16 heavy (non-hydrogen) atoms. The number of ketones is 1. The molecule has 0 atom stereocenters. The van der Waals surface area contributed by atoms with Gasteiger partial charge in [-0.15, -0.1) is 0 Å². The van der Waals surface area contributed by atoms with E-state index in [0.717, 1.165) is 0 Å². The van der Waals surface area contributed by atoms with E-state index in [1.54, 1.807) is 12.1 Å². The highest BCUT2D eigenvalue weighted by molar-refractivity contribution is 6.31. The van der Waals surface area contributed by atoms with Gasteiger partial charge < -0.3 is 4.74 Å². The van der Waals surface area contributed by atoms with Crippen LogP contribution in [0.15, 0.2) is 24.3 Å². The van der Waals surface area contributed by atoms with Gasteiger partial charge in [-0.05, 0) is 12.1 Å². The summed E-state index contributed by atoms with van der Waals surface area (Å²) in [7, 11) is 0. The lowest BCUT2D eigenvalue weighted by atomic mass is 10.1. The molecule has 0 radical (unpaired) electrons. The maximum atomic E-state index is 11.7. The van der Waals surface area contributed by atoms with Crippen molar-refractivity contribution >= 4 is 17.4 Å². The smallest absolute Gasteiger partial charge is 0.364 e. The van der Waals surface area contributed by atoms with Crippen LogP contribution >= 0.6 is 11.6 Å². The SMILES string of the molecule is O=C(COCC(F)(F)F)c1cccc(Cl)c1. The number of alkyl halides is 3. The molecule has 1 rings (SSSR count). The lowest BCUT2D eigenvalue weighted by molar-refractivity contribution is -0.170. The molecule has 6 heteroatoms. The van der Waals surface area contributed by atoms with Gasteiger partial charge in [0.05, 0.1) is 0 Å². The molecule has 88 valence electrons. The van der Waals surface area contributed by atoms with Gasteiger partial charge in [-0.1, -0.05) is 23.7 Å². The molecule has 0 saturated carbocycles. The van der Waals surface area contributed by atoms with Gasteiger partial charge in [0.1, 0.15) is 13.2 Å². The molecule has 1 aromatic carbocycles. The maximum Gasteiger partial charge on any atom is 0.411 e. The number of rotatable bonds is 4. The molecule has 0 fully saturated rings. The van der Waals surface area contributed by atoms with Crippen molar-refractivity contribution in [2.45, 2.75) is 6.18 Å². The second kappa shape index (κ2) is 5.32. The fourth-order valence-electron chi connectivity index (χ4n) is 1.00. The largest absolute Gasteiger partial charge is 0.411 e. The Morgan fingerprint density at radius 1 is 1.38 bits per heavy atom. The number of carbonyl (C=O) groups excluding carboxylic acids is 1. The van der Waals surface area contributed by atoms with Crippen LogP contribution in [0.5, 0.6) is 0 Å². The molecule has 0 bridgehead atoms. The van der Waals surface area contributed by atoms with E-state index in [1.807, 2.05) is 0 Å². The molecule has 0 aliphatic carbocycles. The quantitative estimate of drug-likeness (QED) is 0.770. The van der Waals surface area contributed by atoms with Crippen molar-refractivity contribution in [2.24, 2.45) is 0 Å². The molecular formula is C10H8ClF3O2. The van der Waals surface area contributed by atoms with Crippen molar-refractivity contribution in [3.8, 4) is 0 Å². The average molecular weight is 253 g/mol. The van der Waals surface area contributed by atoms with Gasteiger partial charge in [0, 0.05) is 10.6 Å². The summed E-state index contributed by atoms with van der Waals surface area (Å²) in [5.41, 5.74) is 0.231. The van der Waals surface area contributed by atoms with Crippen LogP contribution in [0.2, 0.25) is 5.02 Å². The number of ether oxygens (including phenoxy) is 1. The van der Waals surface area contributed by atoms with E-state index in [4.69, 9.17) is 11.6 Å². The standard InChI is InChI=1S/C10H8ClF3O2/c11-8-3-1-2-7(4-8)9(15)5-16-6-10(12,13)14/h1-4H,5-6H2. The third-order valence-electron chi connectivity index (χ3n) is 1.65. The van der Waals surface area contributed by atoms with Gasteiger partial charge in [-0.25, -0.2) is 0 Å².